The van der Waals surface area contributed by atoms with Crippen LogP contribution in [0.5, 0.6) is 0 Å². The summed E-state index contributed by atoms with van der Waals surface area (Å²) in [6, 6.07) is 0. The molecule has 1 aromatic heterocycles. The first-order valence-corrected chi connectivity index (χ1v) is 5.02. The molecule has 88 valence electrons. The molecule has 1 rings (SSSR count). The maximum absolute atomic E-state index is 11.0. The van der Waals surface area contributed by atoms with Crippen LogP contribution in [0, 0.1) is 6.92 Å². The number of amides is 1. The molecular weight excluding hydrogens is 210 g/mol. The third-order valence-corrected chi connectivity index (χ3v) is 2.34. The lowest BCUT2D eigenvalue weighted by Gasteiger charge is -2.07. The standard InChI is InChI=1S/C10H15N3O3/c1-7-12-6-8(10(15)16)13(7)5-3-4-9(14)11-2/h6H,3-5H2,1-2H3,(H,11,14)(H,15,16). The van der Waals surface area contributed by atoms with Crippen molar-refractivity contribution >= 4 is 11.9 Å². The van der Waals surface area contributed by atoms with E-state index in [1.165, 1.54) is 6.20 Å². The van der Waals surface area contributed by atoms with E-state index in [1.54, 1.807) is 18.5 Å². The van der Waals surface area contributed by atoms with E-state index < -0.39 is 5.97 Å². The van der Waals surface area contributed by atoms with Gasteiger partial charge in [-0.2, -0.15) is 0 Å². The minimum atomic E-state index is -0.999. The molecule has 0 saturated carbocycles. The van der Waals surface area contributed by atoms with Crippen molar-refractivity contribution in [3.8, 4) is 0 Å². The third kappa shape index (κ3) is 2.82. The van der Waals surface area contributed by atoms with E-state index in [4.69, 9.17) is 5.11 Å². The zero-order valence-corrected chi connectivity index (χ0v) is 9.36. The molecule has 0 spiro atoms. The van der Waals surface area contributed by atoms with Crippen LogP contribution in [-0.2, 0) is 11.3 Å². The Balaban J connectivity index is 2.62. The highest BCUT2D eigenvalue weighted by atomic mass is 16.4. The number of aromatic carboxylic acids is 1. The smallest absolute Gasteiger partial charge is 0.354 e. The number of carboxylic acid groups (broad SMARTS) is 1. The number of hydrogen-bond acceptors (Lipinski definition) is 3. The number of rotatable bonds is 5. The van der Waals surface area contributed by atoms with E-state index in [0.29, 0.717) is 25.2 Å². The number of nitrogens with one attached hydrogen (secondary N) is 1. The van der Waals surface area contributed by atoms with Crippen molar-refractivity contribution in [1.82, 2.24) is 14.9 Å². The number of aromatic nitrogens is 2. The number of carbonyl (C=O) groups excluding carboxylic acids is 1. The zero-order valence-electron chi connectivity index (χ0n) is 9.36. The lowest BCUT2D eigenvalue weighted by atomic mass is 10.3. The maximum Gasteiger partial charge on any atom is 0.354 e. The highest BCUT2D eigenvalue weighted by Crippen LogP contribution is 2.07. The van der Waals surface area contributed by atoms with E-state index in [1.807, 2.05) is 0 Å². The monoisotopic (exact) mass is 225 g/mol. The predicted octanol–water partition coefficient (Wildman–Crippen LogP) is 0.416. The summed E-state index contributed by atoms with van der Waals surface area (Å²) in [7, 11) is 1.58. The van der Waals surface area contributed by atoms with Gasteiger partial charge in [-0.05, 0) is 13.3 Å². The van der Waals surface area contributed by atoms with Crippen LogP contribution in [0.25, 0.3) is 0 Å². The van der Waals surface area contributed by atoms with Crippen molar-refractivity contribution in [3.05, 3.63) is 17.7 Å². The summed E-state index contributed by atoms with van der Waals surface area (Å²) in [4.78, 5) is 25.8. The number of carboxylic acids is 1. The quantitative estimate of drug-likeness (QED) is 0.760. The normalized spacial score (nSPS) is 10.1. The van der Waals surface area contributed by atoms with Crippen LogP contribution in [0.3, 0.4) is 0 Å². The van der Waals surface area contributed by atoms with Gasteiger partial charge in [0.1, 0.15) is 11.5 Å². The Hall–Kier alpha value is -1.85. The number of nitrogens with zero attached hydrogens (tertiary/aromatic N) is 2. The summed E-state index contributed by atoms with van der Waals surface area (Å²) in [5, 5.41) is 11.4. The Bertz CT molecular complexity index is 398. The van der Waals surface area contributed by atoms with Crippen molar-refractivity contribution in [2.24, 2.45) is 0 Å². The Labute approximate surface area is 93.3 Å². The lowest BCUT2D eigenvalue weighted by molar-refractivity contribution is -0.120. The second-order valence-electron chi connectivity index (χ2n) is 3.42. The van der Waals surface area contributed by atoms with E-state index in [0.717, 1.165) is 0 Å². The summed E-state index contributed by atoms with van der Waals surface area (Å²) in [6.45, 7) is 2.23. The van der Waals surface area contributed by atoms with Crippen molar-refractivity contribution in [3.63, 3.8) is 0 Å². The van der Waals surface area contributed by atoms with Crippen LogP contribution < -0.4 is 5.32 Å². The molecule has 0 aliphatic rings. The highest BCUT2D eigenvalue weighted by molar-refractivity contribution is 5.85. The topological polar surface area (TPSA) is 84.2 Å². The van der Waals surface area contributed by atoms with Crippen molar-refractivity contribution in [1.29, 1.82) is 0 Å². The van der Waals surface area contributed by atoms with E-state index >= 15 is 0 Å². The van der Waals surface area contributed by atoms with Crippen LogP contribution in [0.4, 0.5) is 0 Å². The van der Waals surface area contributed by atoms with Crippen molar-refractivity contribution < 1.29 is 14.7 Å². The van der Waals surface area contributed by atoms with Crippen molar-refractivity contribution in [2.75, 3.05) is 7.05 Å². The van der Waals surface area contributed by atoms with Gasteiger partial charge in [-0.25, -0.2) is 9.78 Å². The SMILES string of the molecule is CNC(=O)CCCn1c(C(=O)O)cnc1C. The fourth-order valence-electron chi connectivity index (χ4n) is 1.44. The van der Waals surface area contributed by atoms with Crippen LogP contribution in [0.15, 0.2) is 6.20 Å². The first kappa shape index (κ1) is 12.2. The number of hydrogen-bond donors (Lipinski definition) is 2. The Morgan fingerprint density at radius 1 is 1.56 bits per heavy atom. The highest BCUT2D eigenvalue weighted by Gasteiger charge is 2.12. The molecular formula is C10H15N3O3. The molecule has 0 radical (unpaired) electrons. The van der Waals surface area contributed by atoms with Crippen LogP contribution >= 0.6 is 0 Å². The molecule has 0 saturated heterocycles. The average Bonchev–Trinajstić information content (AvgIpc) is 2.60. The molecule has 6 nitrogen and oxygen atoms in total. The first-order chi connectivity index (χ1) is 7.56. The van der Waals surface area contributed by atoms with Crippen LogP contribution in [-0.4, -0.2) is 33.6 Å². The predicted molar refractivity (Wildman–Crippen MR) is 57.2 cm³/mol. The number of aryl methyl sites for hydroxylation is 1. The minimum Gasteiger partial charge on any atom is -0.477 e. The first-order valence-electron chi connectivity index (χ1n) is 5.02. The third-order valence-electron chi connectivity index (χ3n) is 2.34. The van der Waals surface area contributed by atoms with E-state index in [2.05, 4.69) is 10.3 Å². The van der Waals surface area contributed by atoms with Gasteiger partial charge in [-0.1, -0.05) is 0 Å². The lowest BCUT2D eigenvalue weighted by Crippen LogP contribution is -2.18. The number of imidazole rings is 1. The largest absolute Gasteiger partial charge is 0.477 e. The van der Waals surface area contributed by atoms with Gasteiger partial charge in [0.15, 0.2) is 0 Å². The molecule has 0 unspecified atom stereocenters. The minimum absolute atomic E-state index is 0.0466. The summed E-state index contributed by atoms with van der Waals surface area (Å²) in [6.07, 6.45) is 2.31. The van der Waals surface area contributed by atoms with E-state index in [9.17, 15) is 9.59 Å². The van der Waals surface area contributed by atoms with Gasteiger partial charge < -0.3 is 15.0 Å². The van der Waals surface area contributed by atoms with Crippen LogP contribution in [0.2, 0.25) is 0 Å². The van der Waals surface area contributed by atoms with Gasteiger partial charge in [-0.3, -0.25) is 4.79 Å². The fraction of sp³-hybridized carbons (Fsp3) is 0.500. The molecule has 1 aromatic rings. The number of carbonyl (C=O) groups is 2. The van der Waals surface area contributed by atoms with Crippen molar-refractivity contribution in [2.45, 2.75) is 26.3 Å². The summed E-state index contributed by atoms with van der Waals surface area (Å²) in [5.41, 5.74) is 0.161. The summed E-state index contributed by atoms with van der Waals surface area (Å²) in [5.74, 6) is -0.399. The molecule has 0 atom stereocenters. The Kier molecular flexibility index (Phi) is 4.04. The molecule has 16 heavy (non-hydrogen) atoms. The van der Waals surface area contributed by atoms with Gasteiger partial charge in [0.05, 0.1) is 6.20 Å². The Morgan fingerprint density at radius 3 is 2.81 bits per heavy atom. The molecule has 6 heteroatoms. The fourth-order valence-corrected chi connectivity index (χ4v) is 1.44. The molecule has 0 bridgehead atoms. The molecule has 2 N–H and O–H groups in total. The van der Waals surface area contributed by atoms with Gasteiger partial charge in [-0.15, -0.1) is 0 Å². The Morgan fingerprint density at radius 2 is 2.25 bits per heavy atom. The molecule has 1 amide bonds. The van der Waals surface area contributed by atoms with Gasteiger partial charge in [0.25, 0.3) is 0 Å². The second-order valence-corrected chi connectivity index (χ2v) is 3.42. The molecule has 0 aliphatic carbocycles. The summed E-state index contributed by atoms with van der Waals surface area (Å²) >= 11 is 0. The maximum atomic E-state index is 11.0. The van der Waals surface area contributed by atoms with E-state index in [-0.39, 0.29) is 11.6 Å². The molecule has 0 fully saturated rings. The summed E-state index contributed by atoms with van der Waals surface area (Å²) < 4.78 is 1.60. The van der Waals surface area contributed by atoms with Gasteiger partial charge in [0.2, 0.25) is 5.91 Å². The van der Waals surface area contributed by atoms with Crippen LogP contribution in [0.1, 0.15) is 29.2 Å². The zero-order chi connectivity index (χ0) is 12.1. The second kappa shape index (κ2) is 5.29. The average molecular weight is 225 g/mol. The molecule has 1 heterocycles. The molecule has 0 aliphatic heterocycles. The van der Waals surface area contributed by atoms with Gasteiger partial charge >= 0.3 is 5.97 Å². The van der Waals surface area contributed by atoms with Gasteiger partial charge in [0, 0.05) is 20.0 Å². The molecule has 0 aromatic carbocycles.